The molecule has 2 unspecified atom stereocenters. The van der Waals surface area contributed by atoms with Crippen LogP contribution in [0.2, 0.25) is 5.02 Å². The highest BCUT2D eigenvalue weighted by atomic mass is 35.5. The first-order chi connectivity index (χ1) is 8.61. The lowest BCUT2D eigenvalue weighted by atomic mass is 9.86. The Morgan fingerprint density at radius 1 is 1.44 bits per heavy atom. The average molecular weight is 267 g/mol. The highest BCUT2D eigenvalue weighted by Gasteiger charge is 2.44. The van der Waals surface area contributed by atoms with Crippen molar-refractivity contribution < 1.29 is 4.74 Å². The molecule has 1 aromatic carbocycles. The molecule has 3 rings (SSSR count). The van der Waals surface area contributed by atoms with Crippen LogP contribution in [0.1, 0.15) is 24.4 Å². The Morgan fingerprint density at radius 2 is 2.28 bits per heavy atom. The van der Waals surface area contributed by atoms with Crippen molar-refractivity contribution in [2.24, 2.45) is 0 Å². The van der Waals surface area contributed by atoms with Gasteiger partial charge in [0.15, 0.2) is 0 Å². The van der Waals surface area contributed by atoms with E-state index in [1.807, 2.05) is 12.1 Å². The zero-order chi connectivity index (χ0) is 12.8. The molecule has 18 heavy (non-hydrogen) atoms. The number of fused-ring (bicyclic) bond motifs is 1. The van der Waals surface area contributed by atoms with E-state index >= 15 is 0 Å². The van der Waals surface area contributed by atoms with Crippen molar-refractivity contribution in [2.75, 3.05) is 27.2 Å². The summed E-state index contributed by atoms with van der Waals surface area (Å²) in [4.78, 5) is 2.26. The van der Waals surface area contributed by atoms with Crippen molar-refractivity contribution in [2.45, 2.75) is 24.5 Å². The van der Waals surface area contributed by atoms with Crippen LogP contribution >= 0.6 is 11.6 Å². The number of nitrogens with one attached hydrogen (secondary N) is 1. The number of para-hydroxylation sites is 1. The maximum absolute atomic E-state index is 6.31. The van der Waals surface area contributed by atoms with Gasteiger partial charge in [-0.05, 0) is 26.7 Å². The van der Waals surface area contributed by atoms with Gasteiger partial charge in [-0.3, -0.25) is 0 Å². The zero-order valence-corrected chi connectivity index (χ0v) is 11.6. The Labute approximate surface area is 113 Å². The summed E-state index contributed by atoms with van der Waals surface area (Å²) in [5.74, 6) is 0.882. The third-order valence-corrected chi connectivity index (χ3v) is 4.37. The Hall–Kier alpha value is -0.770. The molecular weight excluding hydrogens is 248 g/mol. The second kappa shape index (κ2) is 4.41. The first kappa shape index (κ1) is 12.3. The lowest BCUT2D eigenvalue weighted by Gasteiger charge is -2.42. The Morgan fingerprint density at radius 3 is 2.94 bits per heavy atom. The fourth-order valence-corrected chi connectivity index (χ4v) is 3.28. The summed E-state index contributed by atoms with van der Waals surface area (Å²) in [6.45, 7) is 1.95. The highest BCUT2D eigenvalue weighted by Crippen LogP contribution is 2.46. The number of benzene rings is 1. The Kier molecular flexibility index (Phi) is 3.00. The van der Waals surface area contributed by atoms with E-state index in [1.165, 1.54) is 5.56 Å². The lowest BCUT2D eigenvalue weighted by Crippen LogP contribution is -2.45. The molecule has 1 saturated heterocycles. The SMILES string of the molecule is CN(C)C1CC2(CCNC2)Oc2c(Cl)cccc21. The predicted molar refractivity (Wildman–Crippen MR) is 73.3 cm³/mol. The van der Waals surface area contributed by atoms with Gasteiger partial charge in [-0.2, -0.15) is 0 Å². The van der Waals surface area contributed by atoms with Gasteiger partial charge in [0, 0.05) is 31.0 Å². The number of hydrogen-bond acceptors (Lipinski definition) is 3. The van der Waals surface area contributed by atoms with Crippen LogP contribution in [0.4, 0.5) is 0 Å². The van der Waals surface area contributed by atoms with Gasteiger partial charge in [0.2, 0.25) is 0 Å². The van der Waals surface area contributed by atoms with Gasteiger partial charge in [-0.1, -0.05) is 23.7 Å². The molecule has 2 heterocycles. The minimum Gasteiger partial charge on any atom is -0.484 e. The minimum absolute atomic E-state index is 0.0765. The lowest BCUT2D eigenvalue weighted by molar-refractivity contribution is 0.0290. The smallest absolute Gasteiger partial charge is 0.143 e. The number of halogens is 1. The van der Waals surface area contributed by atoms with Gasteiger partial charge in [0.05, 0.1) is 5.02 Å². The highest BCUT2D eigenvalue weighted by molar-refractivity contribution is 6.32. The van der Waals surface area contributed by atoms with Crippen molar-refractivity contribution in [3.8, 4) is 5.75 Å². The Bertz CT molecular complexity index is 455. The van der Waals surface area contributed by atoms with E-state index in [2.05, 4.69) is 30.4 Å². The number of hydrogen-bond donors (Lipinski definition) is 1. The van der Waals surface area contributed by atoms with E-state index in [0.29, 0.717) is 6.04 Å². The summed E-state index contributed by atoms with van der Waals surface area (Å²) >= 11 is 6.31. The molecule has 2 atom stereocenters. The van der Waals surface area contributed by atoms with E-state index in [9.17, 15) is 0 Å². The molecule has 1 spiro atoms. The van der Waals surface area contributed by atoms with Gasteiger partial charge in [-0.25, -0.2) is 0 Å². The van der Waals surface area contributed by atoms with E-state index in [0.717, 1.165) is 36.7 Å². The second-order valence-corrected chi connectivity index (χ2v) is 5.96. The molecule has 2 aliphatic heterocycles. The second-order valence-electron chi connectivity index (χ2n) is 5.55. The van der Waals surface area contributed by atoms with Crippen molar-refractivity contribution in [1.82, 2.24) is 10.2 Å². The molecule has 0 bridgehead atoms. The molecule has 98 valence electrons. The molecule has 1 N–H and O–H groups in total. The quantitative estimate of drug-likeness (QED) is 0.845. The van der Waals surface area contributed by atoms with E-state index in [4.69, 9.17) is 16.3 Å². The summed E-state index contributed by atoms with van der Waals surface area (Å²) in [7, 11) is 4.24. The van der Waals surface area contributed by atoms with Gasteiger partial charge in [0.1, 0.15) is 11.4 Å². The zero-order valence-electron chi connectivity index (χ0n) is 10.9. The van der Waals surface area contributed by atoms with Crippen LogP contribution in [0.25, 0.3) is 0 Å². The van der Waals surface area contributed by atoms with Gasteiger partial charge in [-0.15, -0.1) is 0 Å². The molecule has 4 heteroatoms. The van der Waals surface area contributed by atoms with Crippen molar-refractivity contribution >= 4 is 11.6 Å². The van der Waals surface area contributed by atoms with Gasteiger partial charge in [0.25, 0.3) is 0 Å². The van der Waals surface area contributed by atoms with Crippen LogP contribution in [0.3, 0.4) is 0 Å². The summed E-state index contributed by atoms with van der Waals surface area (Å²) in [6.07, 6.45) is 2.09. The van der Waals surface area contributed by atoms with Crippen LogP contribution < -0.4 is 10.1 Å². The number of rotatable bonds is 1. The third kappa shape index (κ3) is 1.91. The van der Waals surface area contributed by atoms with Crippen LogP contribution in [0, 0.1) is 0 Å². The third-order valence-electron chi connectivity index (χ3n) is 4.07. The molecule has 3 nitrogen and oxygen atoms in total. The van der Waals surface area contributed by atoms with Crippen molar-refractivity contribution in [3.05, 3.63) is 28.8 Å². The maximum atomic E-state index is 6.31. The van der Waals surface area contributed by atoms with E-state index in [1.54, 1.807) is 0 Å². The fraction of sp³-hybridized carbons (Fsp3) is 0.571. The molecule has 0 aliphatic carbocycles. The van der Waals surface area contributed by atoms with Crippen LogP contribution in [-0.2, 0) is 0 Å². The largest absolute Gasteiger partial charge is 0.484 e. The average Bonchev–Trinajstić information content (AvgIpc) is 2.78. The number of nitrogens with zero attached hydrogens (tertiary/aromatic N) is 1. The van der Waals surface area contributed by atoms with Gasteiger partial charge < -0.3 is 15.0 Å². The number of ether oxygens (including phenoxy) is 1. The van der Waals surface area contributed by atoms with Crippen molar-refractivity contribution in [1.29, 1.82) is 0 Å². The molecule has 2 aliphatic rings. The van der Waals surface area contributed by atoms with Crippen LogP contribution in [-0.4, -0.2) is 37.7 Å². The molecule has 1 fully saturated rings. The fourth-order valence-electron chi connectivity index (χ4n) is 3.06. The van der Waals surface area contributed by atoms with Gasteiger partial charge >= 0.3 is 0 Å². The topological polar surface area (TPSA) is 24.5 Å². The first-order valence-corrected chi connectivity index (χ1v) is 6.84. The summed E-state index contributed by atoms with van der Waals surface area (Å²) in [6, 6.07) is 6.43. The van der Waals surface area contributed by atoms with Crippen LogP contribution in [0.15, 0.2) is 18.2 Å². The normalized spacial score (nSPS) is 30.6. The molecule has 0 amide bonds. The van der Waals surface area contributed by atoms with E-state index in [-0.39, 0.29) is 5.60 Å². The molecule has 1 aromatic rings. The maximum Gasteiger partial charge on any atom is 0.143 e. The molecule has 0 saturated carbocycles. The standard InChI is InChI=1S/C14H19ClN2O/c1-17(2)12-8-14(6-7-16-9-14)18-13-10(12)4-3-5-11(13)15/h3-5,12,16H,6-9H2,1-2H3. The summed E-state index contributed by atoms with van der Waals surface area (Å²) in [5, 5.41) is 4.13. The summed E-state index contributed by atoms with van der Waals surface area (Å²) < 4.78 is 6.27. The Balaban J connectivity index is 2.06. The predicted octanol–water partition coefficient (Wildman–Crippen LogP) is 2.46. The monoisotopic (exact) mass is 266 g/mol. The van der Waals surface area contributed by atoms with Crippen LogP contribution in [0.5, 0.6) is 5.75 Å². The molecular formula is C14H19ClN2O. The molecule has 0 aromatic heterocycles. The first-order valence-electron chi connectivity index (χ1n) is 6.46. The van der Waals surface area contributed by atoms with E-state index < -0.39 is 0 Å². The molecule has 0 radical (unpaired) electrons. The summed E-state index contributed by atoms with van der Waals surface area (Å²) in [5.41, 5.74) is 1.14. The minimum atomic E-state index is -0.0765. The van der Waals surface area contributed by atoms with Crippen molar-refractivity contribution in [3.63, 3.8) is 0 Å².